The van der Waals surface area contributed by atoms with Gasteiger partial charge in [-0.25, -0.2) is 9.37 Å². The molecular formula is C11H18FN3. The van der Waals surface area contributed by atoms with E-state index < -0.39 is 0 Å². The van der Waals surface area contributed by atoms with Crippen LogP contribution in [0.1, 0.15) is 20.3 Å². The van der Waals surface area contributed by atoms with Crippen LogP contribution in [0.4, 0.5) is 10.2 Å². The van der Waals surface area contributed by atoms with E-state index in [2.05, 4.69) is 24.1 Å². The molecule has 0 aromatic carbocycles. The molecule has 4 heteroatoms. The minimum Gasteiger partial charge on any atom is -0.364 e. The molecule has 0 radical (unpaired) electrons. The Bertz CT molecular complexity index is 302. The van der Waals surface area contributed by atoms with Gasteiger partial charge in [0.2, 0.25) is 0 Å². The van der Waals surface area contributed by atoms with Crippen molar-refractivity contribution >= 4 is 5.82 Å². The number of hydrogen-bond acceptors (Lipinski definition) is 3. The molecule has 1 aromatic heterocycles. The lowest BCUT2D eigenvalue weighted by Crippen LogP contribution is -2.31. The molecule has 0 spiro atoms. The second kappa shape index (κ2) is 5.66. The Morgan fingerprint density at radius 3 is 2.80 bits per heavy atom. The number of anilines is 1. The molecule has 1 atom stereocenters. The van der Waals surface area contributed by atoms with Gasteiger partial charge < -0.3 is 11.1 Å². The molecule has 3 nitrogen and oxygen atoms in total. The molecule has 0 aliphatic heterocycles. The molecule has 1 unspecified atom stereocenters. The van der Waals surface area contributed by atoms with E-state index in [-0.39, 0.29) is 17.7 Å². The van der Waals surface area contributed by atoms with Gasteiger partial charge in [0.1, 0.15) is 0 Å². The van der Waals surface area contributed by atoms with Crippen LogP contribution in [0.3, 0.4) is 0 Å². The summed E-state index contributed by atoms with van der Waals surface area (Å²) < 4.78 is 13.3. The summed E-state index contributed by atoms with van der Waals surface area (Å²) in [6.07, 6.45) is 2.47. The number of hydrogen-bond donors (Lipinski definition) is 2. The molecule has 15 heavy (non-hydrogen) atoms. The van der Waals surface area contributed by atoms with Gasteiger partial charge in [-0.1, -0.05) is 13.8 Å². The van der Waals surface area contributed by atoms with E-state index in [0.29, 0.717) is 12.5 Å². The van der Waals surface area contributed by atoms with Crippen LogP contribution in [0.2, 0.25) is 0 Å². The van der Waals surface area contributed by atoms with Crippen molar-refractivity contribution in [1.82, 2.24) is 4.98 Å². The van der Waals surface area contributed by atoms with Crippen molar-refractivity contribution in [3.05, 3.63) is 24.1 Å². The monoisotopic (exact) mass is 211 g/mol. The third kappa shape index (κ3) is 3.83. The molecule has 84 valence electrons. The quantitative estimate of drug-likeness (QED) is 0.783. The van der Waals surface area contributed by atoms with Crippen LogP contribution in [-0.2, 0) is 0 Å². The van der Waals surface area contributed by atoms with Crippen molar-refractivity contribution in [2.75, 3.05) is 11.9 Å². The van der Waals surface area contributed by atoms with Crippen molar-refractivity contribution in [1.29, 1.82) is 0 Å². The highest BCUT2D eigenvalue weighted by molar-refractivity contribution is 5.36. The molecule has 1 aromatic rings. The zero-order valence-electron chi connectivity index (χ0n) is 9.20. The van der Waals surface area contributed by atoms with Gasteiger partial charge in [-0.05, 0) is 24.5 Å². The van der Waals surface area contributed by atoms with Crippen molar-refractivity contribution in [2.24, 2.45) is 11.7 Å². The van der Waals surface area contributed by atoms with Gasteiger partial charge in [0.25, 0.3) is 0 Å². The lowest BCUT2D eigenvalue weighted by Gasteiger charge is -2.19. The molecule has 3 N–H and O–H groups in total. The molecule has 0 saturated carbocycles. The SMILES string of the molecule is CC(C)CC(CN)Nc1ncccc1F. The molecule has 0 fully saturated rings. The first-order valence-electron chi connectivity index (χ1n) is 5.20. The summed E-state index contributed by atoms with van der Waals surface area (Å²) >= 11 is 0. The first-order chi connectivity index (χ1) is 7.13. The maximum absolute atomic E-state index is 13.3. The molecule has 1 heterocycles. The normalized spacial score (nSPS) is 12.9. The van der Waals surface area contributed by atoms with E-state index in [9.17, 15) is 4.39 Å². The summed E-state index contributed by atoms with van der Waals surface area (Å²) in [7, 11) is 0. The second-order valence-corrected chi connectivity index (χ2v) is 4.04. The van der Waals surface area contributed by atoms with E-state index in [0.717, 1.165) is 6.42 Å². The van der Waals surface area contributed by atoms with Crippen molar-refractivity contribution in [3.63, 3.8) is 0 Å². The summed E-state index contributed by atoms with van der Waals surface area (Å²) in [5, 5.41) is 3.02. The smallest absolute Gasteiger partial charge is 0.165 e. The van der Waals surface area contributed by atoms with E-state index >= 15 is 0 Å². The number of nitrogens with zero attached hydrogens (tertiary/aromatic N) is 1. The zero-order chi connectivity index (χ0) is 11.3. The van der Waals surface area contributed by atoms with Gasteiger partial charge in [-0.2, -0.15) is 0 Å². The molecular weight excluding hydrogens is 193 g/mol. The van der Waals surface area contributed by atoms with E-state index in [4.69, 9.17) is 5.73 Å². The summed E-state index contributed by atoms with van der Waals surface area (Å²) in [5.41, 5.74) is 5.61. The van der Waals surface area contributed by atoms with E-state index in [1.54, 1.807) is 12.3 Å². The van der Waals surface area contributed by atoms with Crippen LogP contribution in [0.15, 0.2) is 18.3 Å². The van der Waals surface area contributed by atoms with Crippen LogP contribution in [0.5, 0.6) is 0 Å². The Morgan fingerprint density at radius 2 is 2.27 bits per heavy atom. The average Bonchev–Trinajstić information content (AvgIpc) is 2.19. The molecule has 0 aliphatic rings. The molecule has 0 bridgehead atoms. The number of halogens is 1. The van der Waals surface area contributed by atoms with Crippen LogP contribution < -0.4 is 11.1 Å². The fourth-order valence-electron chi connectivity index (χ4n) is 1.47. The fourth-order valence-corrected chi connectivity index (χ4v) is 1.47. The van der Waals surface area contributed by atoms with Gasteiger partial charge in [-0.3, -0.25) is 0 Å². The maximum Gasteiger partial charge on any atom is 0.165 e. The highest BCUT2D eigenvalue weighted by atomic mass is 19.1. The number of nitrogens with two attached hydrogens (primary N) is 1. The second-order valence-electron chi connectivity index (χ2n) is 4.04. The Kier molecular flexibility index (Phi) is 4.49. The zero-order valence-corrected chi connectivity index (χ0v) is 9.20. The van der Waals surface area contributed by atoms with Crippen molar-refractivity contribution < 1.29 is 4.39 Å². The van der Waals surface area contributed by atoms with Crippen LogP contribution >= 0.6 is 0 Å². The topological polar surface area (TPSA) is 50.9 Å². The average molecular weight is 211 g/mol. The number of nitrogens with one attached hydrogen (secondary N) is 1. The highest BCUT2D eigenvalue weighted by Crippen LogP contribution is 2.13. The largest absolute Gasteiger partial charge is 0.364 e. The predicted molar refractivity (Wildman–Crippen MR) is 60.1 cm³/mol. The maximum atomic E-state index is 13.3. The Balaban J connectivity index is 2.62. The minimum absolute atomic E-state index is 0.0781. The van der Waals surface area contributed by atoms with Crippen LogP contribution in [0.25, 0.3) is 0 Å². The summed E-state index contributed by atoms with van der Waals surface area (Å²) in [4.78, 5) is 3.93. The van der Waals surface area contributed by atoms with Crippen LogP contribution in [-0.4, -0.2) is 17.6 Å². The Morgan fingerprint density at radius 1 is 1.53 bits per heavy atom. The van der Waals surface area contributed by atoms with Gasteiger partial charge in [0.15, 0.2) is 11.6 Å². The summed E-state index contributed by atoms with van der Waals surface area (Å²) in [5.74, 6) is 0.478. The molecule has 1 rings (SSSR count). The number of rotatable bonds is 5. The minimum atomic E-state index is -0.334. The van der Waals surface area contributed by atoms with Gasteiger partial charge >= 0.3 is 0 Å². The van der Waals surface area contributed by atoms with Crippen molar-refractivity contribution in [3.8, 4) is 0 Å². The lowest BCUT2D eigenvalue weighted by molar-refractivity contribution is 0.517. The van der Waals surface area contributed by atoms with Gasteiger partial charge in [-0.15, -0.1) is 0 Å². The molecule has 0 saturated heterocycles. The number of aromatic nitrogens is 1. The summed E-state index contributed by atoms with van der Waals surface area (Å²) in [6.45, 7) is 4.70. The predicted octanol–water partition coefficient (Wildman–Crippen LogP) is 2.01. The van der Waals surface area contributed by atoms with Crippen molar-refractivity contribution in [2.45, 2.75) is 26.3 Å². The first-order valence-corrected chi connectivity index (χ1v) is 5.20. The highest BCUT2D eigenvalue weighted by Gasteiger charge is 2.11. The summed E-state index contributed by atoms with van der Waals surface area (Å²) in [6, 6.07) is 3.04. The molecule has 0 amide bonds. The number of pyridine rings is 1. The Labute approximate surface area is 89.9 Å². The molecule has 0 aliphatic carbocycles. The van der Waals surface area contributed by atoms with Gasteiger partial charge in [0.05, 0.1) is 0 Å². The van der Waals surface area contributed by atoms with E-state index in [1.807, 2.05) is 0 Å². The Hall–Kier alpha value is -1.16. The van der Waals surface area contributed by atoms with Crippen LogP contribution in [0, 0.1) is 11.7 Å². The third-order valence-corrected chi connectivity index (χ3v) is 2.14. The van der Waals surface area contributed by atoms with E-state index in [1.165, 1.54) is 6.07 Å². The lowest BCUT2D eigenvalue weighted by atomic mass is 10.0. The standard InChI is InChI=1S/C11H18FN3/c1-8(2)6-9(7-13)15-11-10(12)4-3-5-14-11/h3-5,8-9H,6-7,13H2,1-2H3,(H,14,15). The first kappa shape index (κ1) is 11.9. The fraction of sp³-hybridized carbons (Fsp3) is 0.545. The third-order valence-electron chi connectivity index (χ3n) is 2.14. The van der Waals surface area contributed by atoms with Gasteiger partial charge in [0, 0.05) is 18.8 Å².